The van der Waals surface area contributed by atoms with Crippen molar-refractivity contribution in [3.05, 3.63) is 30.1 Å². The van der Waals surface area contributed by atoms with E-state index in [1.165, 1.54) is 18.5 Å². The summed E-state index contributed by atoms with van der Waals surface area (Å²) in [5, 5.41) is 3.45. The first-order chi connectivity index (χ1) is 7.42. The molecule has 1 unspecified atom stereocenters. The lowest BCUT2D eigenvalue weighted by molar-refractivity contribution is 0.162. The first-order valence-electron chi connectivity index (χ1n) is 5.76. The molecule has 0 radical (unpaired) electrons. The van der Waals surface area contributed by atoms with Crippen molar-refractivity contribution in [3.63, 3.8) is 0 Å². The Balaban J connectivity index is 0.00000128. The topological polar surface area (TPSA) is 28.2 Å². The van der Waals surface area contributed by atoms with E-state index in [0.29, 0.717) is 6.04 Å². The molecule has 2 heterocycles. The summed E-state index contributed by atoms with van der Waals surface area (Å²) in [7, 11) is 0. The van der Waals surface area contributed by atoms with Crippen molar-refractivity contribution in [2.45, 2.75) is 19.4 Å². The average Bonchev–Trinajstić information content (AvgIpc) is 2.31. The van der Waals surface area contributed by atoms with Gasteiger partial charge in [0.25, 0.3) is 0 Å². The van der Waals surface area contributed by atoms with Crippen LogP contribution in [0.1, 0.15) is 24.9 Å². The third kappa shape index (κ3) is 3.17. The van der Waals surface area contributed by atoms with E-state index in [-0.39, 0.29) is 12.4 Å². The van der Waals surface area contributed by atoms with E-state index in [2.05, 4.69) is 28.2 Å². The zero-order valence-electron chi connectivity index (χ0n) is 9.72. The molecule has 1 aromatic rings. The van der Waals surface area contributed by atoms with Crippen LogP contribution in [0, 0.1) is 0 Å². The predicted molar refractivity (Wildman–Crippen MR) is 69.0 cm³/mol. The molecule has 1 aliphatic heterocycles. The summed E-state index contributed by atoms with van der Waals surface area (Å²) in [6.07, 6.45) is 5.04. The van der Waals surface area contributed by atoms with Gasteiger partial charge in [0.15, 0.2) is 0 Å². The number of nitrogens with zero attached hydrogens (tertiary/aromatic N) is 2. The van der Waals surface area contributed by atoms with Crippen LogP contribution in [0.3, 0.4) is 0 Å². The fourth-order valence-corrected chi connectivity index (χ4v) is 2.20. The van der Waals surface area contributed by atoms with Crippen molar-refractivity contribution in [2.75, 3.05) is 26.2 Å². The van der Waals surface area contributed by atoms with Gasteiger partial charge in [0, 0.05) is 38.1 Å². The Morgan fingerprint density at radius 3 is 3.12 bits per heavy atom. The van der Waals surface area contributed by atoms with Gasteiger partial charge in [0.2, 0.25) is 0 Å². The first kappa shape index (κ1) is 13.4. The van der Waals surface area contributed by atoms with Crippen molar-refractivity contribution in [3.8, 4) is 0 Å². The molecule has 0 spiro atoms. The summed E-state index contributed by atoms with van der Waals surface area (Å²) < 4.78 is 0. The fourth-order valence-electron chi connectivity index (χ4n) is 2.20. The van der Waals surface area contributed by atoms with Crippen LogP contribution in [0.5, 0.6) is 0 Å². The number of hydrogen-bond acceptors (Lipinski definition) is 3. The number of hydrogen-bond donors (Lipinski definition) is 1. The van der Waals surface area contributed by atoms with Crippen LogP contribution in [0.4, 0.5) is 0 Å². The highest BCUT2D eigenvalue weighted by atomic mass is 35.5. The highest BCUT2D eigenvalue weighted by Crippen LogP contribution is 2.21. The Bertz CT molecular complexity index is 290. The van der Waals surface area contributed by atoms with Gasteiger partial charge in [0.1, 0.15) is 0 Å². The highest BCUT2D eigenvalue weighted by Gasteiger charge is 2.22. The molecule has 1 saturated heterocycles. The molecule has 4 heteroatoms. The summed E-state index contributed by atoms with van der Waals surface area (Å²) in [6.45, 7) is 6.72. The minimum atomic E-state index is 0. The number of rotatable bonds is 3. The second-order valence-electron chi connectivity index (χ2n) is 4.04. The molecule has 90 valence electrons. The quantitative estimate of drug-likeness (QED) is 0.876. The molecule has 0 aromatic carbocycles. The third-order valence-corrected chi connectivity index (χ3v) is 2.93. The van der Waals surface area contributed by atoms with Gasteiger partial charge in [-0.3, -0.25) is 9.88 Å². The van der Waals surface area contributed by atoms with Crippen molar-refractivity contribution in [1.29, 1.82) is 0 Å². The van der Waals surface area contributed by atoms with Crippen LogP contribution in [-0.4, -0.2) is 36.1 Å². The lowest BCUT2D eigenvalue weighted by atomic mass is 10.1. The Labute approximate surface area is 104 Å². The van der Waals surface area contributed by atoms with Gasteiger partial charge in [-0.1, -0.05) is 13.0 Å². The van der Waals surface area contributed by atoms with Crippen molar-refractivity contribution in [1.82, 2.24) is 15.2 Å². The number of piperazine rings is 1. The van der Waals surface area contributed by atoms with Crippen molar-refractivity contribution >= 4 is 12.4 Å². The zero-order chi connectivity index (χ0) is 10.5. The number of halogens is 1. The van der Waals surface area contributed by atoms with E-state index in [0.717, 1.165) is 19.6 Å². The number of aromatic nitrogens is 1. The molecule has 0 bridgehead atoms. The predicted octanol–water partition coefficient (Wildman–Crippen LogP) is 1.86. The maximum Gasteiger partial charge on any atom is 0.0488 e. The molecule has 2 rings (SSSR count). The molecular weight excluding hydrogens is 222 g/mol. The average molecular weight is 242 g/mol. The largest absolute Gasteiger partial charge is 0.314 e. The van der Waals surface area contributed by atoms with E-state index >= 15 is 0 Å². The fraction of sp³-hybridized carbons (Fsp3) is 0.583. The normalized spacial score (nSPS) is 21.4. The molecular formula is C12H20ClN3. The highest BCUT2D eigenvalue weighted by molar-refractivity contribution is 5.85. The second-order valence-corrected chi connectivity index (χ2v) is 4.04. The smallest absolute Gasteiger partial charge is 0.0488 e. The molecule has 0 amide bonds. The molecule has 1 aliphatic rings. The monoisotopic (exact) mass is 241 g/mol. The van der Waals surface area contributed by atoms with Crippen LogP contribution in [0.25, 0.3) is 0 Å². The van der Waals surface area contributed by atoms with Gasteiger partial charge in [-0.05, 0) is 24.6 Å². The lowest BCUT2D eigenvalue weighted by Gasteiger charge is -2.36. The molecule has 1 atom stereocenters. The van der Waals surface area contributed by atoms with Crippen molar-refractivity contribution < 1.29 is 0 Å². The standard InChI is InChI=1S/C12H19N3.ClH/c1-2-7-15-8-6-14-10-12(15)11-4-3-5-13-9-11;/h3-5,9,12,14H,2,6-8,10H2,1H3;1H. The third-order valence-electron chi connectivity index (χ3n) is 2.93. The summed E-state index contributed by atoms with van der Waals surface area (Å²) in [4.78, 5) is 6.75. The molecule has 0 aliphatic carbocycles. The first-order valence-corrected chi connectivity index (χ1v) is 5.76. The molecule has 16 heavy (non-hydrogen) atoms. The van der Waals surface area contributed by atoms with Crippen LogP contribution in [-0.2, 0) is 0 Å². The Morgan fingerprint density at radius 1 is 1.56 bits per heavy atom. The van der Waals surface area contributed by atoms with E-state index < -0.39 is 0 Å². The summed E-state index contributed by atoms with van der Waals surface area (Å²) >= 11 is 0. The zero-order valence-corrected chi connectivity index (χ0v) is 10.5. The van der Waals surface area contributed by atoms with Crippen molar-refractivity contribution in [2.24, 2.45) is 0 Å². The summed E-state index contributed by atoms with van der Waals surface area (Å²) in [5.41, 5.74) is 1.33. The maximum atomic E-state index is 4.20. The summed E-state index contributed by atoms with van der Waals surface area (Å²) in [6, 6.07) is 4.70. The van der Waals surface area contributed by atoms with Gasteiger partial charge in [0.05, 0.1) is 0 Å². The van der Waals surface area contributed by atoms with Crippen LogP contribution in [0.15, 0.2) is 24.5 Å². The van der Waals surface area contributed by atoms with Crippen LogP contribution in [0.2, 0.25) is 0 Å². The van der Waals surface area contributed by atoms with E-state index in [4.69, 9.17) is 0 Å². The summed E-state index contributed by atoms with van der Waals surface area (Å²) in [5.74, 6) is 0. The number of pyridine rings is 1. The maximum absolute atomic E-state index is 4.20. The Kier molecular flexibility index (Phi) is 5.74. The van der Waals surface area contributed by atoms with E-state index in [1.807, 2.05) is 18.5 Å². The number of nitrogens with one attached hydrogen (secondary N) is 1. The minimum absolute atomic E-state index is 0. The SMILES string of the molecule is CCCN1CCNCC1c1cccnc1.Cl. The molecule has 1 N–H and O–H groups in total. The van der Waals surface area contributed by atoms with E-state index in [1.54, 1.807) is 0 Å². The molecule has 3 nitrogen and oxygen atoms in total. The van der Waals surface area contributed by atoms with Crippen LogP contribution < -0.4 is 5.32 Å². The lowest BCUT2D eigenvalue weighted by Crippen LogP contribution is -2.46. The van der Waals surface area contributed by atoms with E-state index in [9.17, 15) is 0 Å². The van der Waals surface area contributed by atoms with Crippen LogP contribution >= 0.6 is 12.4 Å². The molecule has 1 aromatic heterocycles. The molecule has 1 fully saturated rings. The molecule has 0 saturated carbocycles. The van der Waals surface area contributed by atoms with Gasteiger partial charge >= 0.3 is 0 Å². The second kappa shape index (κ2) is 6.84. The Morgan fingerprint density at radius 2 is 2.44 bits per heavy atom. The van der Waals surface area contributed by atoms with Gasteiger partial charge < -0.3 is 5.32 Å². The Hall–Kier alpha value is -0.640. The minimum Gasteiger partial charge on any atom is -0.314 e. The van der Waals surface area contributed by atoms with Gasteiger partial charge in [-0.2, -0.15) is 0 Å². The van der Waals surface area contributed by atoms with Gasteiger partial charge in [-0.15, -0.1) is 12.4 Å². The van der Waals surface area contributed by atoms with Gasteiger partial charge in [-0.25, -0.2) is 0 Å².